The summed E-state index contributed by atoms with van der Waals surface area (Å²) in [6, 6.07) is 9.52. The van der Waals surface area contributed by atoms with Crippen LogP contribution in [0.5, 0.6) is 0 Å². The van der Waals surface area contributed by atoms with E-state index in [9.17, 15) is 4.79 Å². The van der Waals surface area contributed by atoms with Crippen molar-refractivity contribution < 1.29 is 4.79 Å². The Balaban J connectivity index is 1.47. The highest BCUT2D eigenvalue weighted by Gasteiger charge is 2.20. The number of hydrogen-bond acceptors (Lipinski definition) is 5. The molecule has 2 aromatic heterocycles. The molecular formula is C20H23N5OS. The molecule has 1 amide bonds. The van der Waals surface area contributed by atoms with Crippen LogP contribution < -0.4 is 5.32 Å². The highest BCUT2D eigenvalue weighted by molar-refractivity contribution is 7.15. The summed E-state index contributed by atoms with van der Waals surface area (Å²) >= 11 is 1.58. The van der Waals surface area contributed by atoms with E-state index >= 15 is 0 Å². The fourth-order valence-corrected chi connectivity index (χ4v) is 4.43. The van der Waals surface area contributed by atoms with Gasteiger partial charge in [0.25, 0.3) is 5.91 Å². The van der Waals surface area contributed by atoms with Gasteiger partial charge in [-0.15, -0.1) is 11.3 Å². The molecule has 3 aromatic rings. The molecule has 0 spiro atoms. The van der Waals surface area contributed by atoms with Gasteiger partial charge in [0.1, 0.15) is 0 Å². The number of carbonyl (C=O) groups excluding carboxylic acids is 1. The molecule has 140 valence electrons. The van der Waals surface area contributed by atoms with Crippen molar-refractivity contribution in [3.8, 4) is 5.69 Å². The lowest BCUT2D eigenvalue weighted by molar-refractivity contribution is 0.102. The summed E-state index contributed by atoms with van der Waals surface area (Å²) in [6.07, 6.45) is 0.951. The largest absolute Gasteiger partial charge is 0.298 e. The second kappa shape index (κ2) is 7.25. The number of amides is 1. The molecule has 27 heavy (non-hydrogen) atoms. The average molecular weight is 382 g/mol. The molecule has 1 N–H and O–H groups in total. The van der Waals surface area contributed by atoms with Crippen LogP contribution in [0.3, 0.4) is 0 Å². The van der Waals surface area contributed by atoms with Crippen molar-refractivity contribution in [3.63, 3.8) is 0 Å². The number of aromatic nitrogens is 3. The van der Waals surface area contributed by atoms with E-state index in [4.69, 9.17) is 0 Å². The van der Waals surface area contributed by atoms with Crippen molar-refractivity contribution in [3.05, 3.63) is 57.9 Å². The maximum Gasteiger partial charge on any atom is 0.257 e. The number of likely N-dealkylation sites (N-methyl/N-ethyl adjacent to an activating group) is 1. The highest BCUT2D eigenvalue weighted by atomic mass is 32.1. The van der Waals surface area contributed by atoms with Gasteiger partial charge in [0.15, 0.2) is 5.13 Å². The standard InChI is InChI=1S/C20H23N5OS/c1-4-24-10-9-17-18(12-24)27-20(21-17)22-19(26)15-5-7-16(8-6-15)25-14(3)11-13(2)23-25/h5-8,11H,4,9-10,12H2,1-3H3,(H,21,22,26). The Morgan fingerprint density at radius 3 is 2.70 bits per heavy atom. The smallest absolute Gasteiger partial charge is 0.257 e. The molecule has 0 fully saturated rings. The van der Waals surface area contributed by atoms with E-state index < -0.39 is 0 Å². The Bertz CT molecular complexity index is 973. The highest BCUT2D eigenvalue weighted by Crippen LogP contribution is 2.28. The van der Waals surface area contributed by atoms with Gasteiger partial charge in [-0.3, -0.25) is 15.0 Å². The molecule has 1 aliphatic heterocycles. The number of fused-ring (bicyclic) bond motifs is 1. The van der Waals surface area contributed by atoms with E-state index in [2.05, 4.69) is 27.2 Å². The zero-order chi connectivity index (χ0) is 19.0. The summed E-state index contributed by atoms with van der Waals surface area (Å²) in [6.45, 7) is 9.17. The van der Waals surface area contributed by atoms with Crippen LogP contribution in [-0.2, 0) is 13.0 Å². The van der Waals surface area contributed by atoms with Crippen molar-refractivity contribution in [1.82, 2.24) is 19.7 Å². The van der Waals surface area contributed by atoms with Crippen molar-refractivity contribution in [2.75, 3.05) is 18.4 Å². The van der Waals surface area contributed by atoms with Crippen molar-refractivity contribution in [1.29, 1.82) is 0 Å². The summed E-state index contributed by atoms with van der Waals surface area (Å²) in [5.74, 6) is -0.131. The number of rotatable bonds is 4. The van der Waals surface area contributed by atoms with Crippen LogP contribution in [0.2, 0.25) is 0 Å². The van der Waals surface area contributed by atoms with Gasteiger partial charge in [-0.2, -0.15) is 5.10 Å². The summed E-state index contributed by atoms with van der Waals surface area (Å²) in [5, 5.41) is 8.11. The lowest BCUT2D eigenvalue weighted by Gasteiger charge is -2.23. The lowest BCUT2D eigenvalue weighted by atomic mass is 10.2. The first-order valence-corrected chi connectivity index (χ1v) is 10.0. The predicted octanol–water partition coefficient (Wildman–Crippen LogP) is 3.58. The van der Waals surface area contributed by atoms with E-state index in [1.54, 1.807) is 11.3 Å². The number of thiazole rings is 1. The topological polar surface area (TPSA) is 63.1 Å². The number of carbonyl (C=O) groups is 1. The minimum absolute atomic E-state index is 0.131. The molecule has 0 bridgehead atoms. The summed E-state index contributed by atoms with van der Waals surface area (Å²) in [7, 11) is 0. The molecule has 3 heterocycles. The third-order valence-corrected chi connectivity index (χ3v) is 5.86. The Hall–Kier alpha value is -2.51. The molecule has 0 saturated carbocycles. The lowest BCUT2D eigenvalue weighted by Crippen LogP contribution is -2.29. The number of benzene rings is 1. The van der Waals surface area contributed by atoms with Crippen molar-refractivity contribution in [2.45, 2.75) is 33.7 Å². The van der Waals surface area contributed by atoms with E-state index in [0.717, 1.165) is 48.8 Å². The van der Waals surface area contributed by atoms with Crippen molar-refractivity contribution in [2.24, 2.45) is 0 Å². The number of anilines is 1. The molecule has 6 nitrogen and oxygen atoms in total. The molecule has 0 saturated heterocycles. The van der Waals surface area contributed by atoms with Crippen LogP contribution in [0.4, 0.5) is 5.13 Å². The molecular weight excluding hydrogens is 358 g/mol. The number of nitrogens with zero attached hydrogens (tertiary/aromatic N) is 4. The maximum absolute atomic E-state index is 12.6. The summed E-state index contributed by atoms with van der Waals surface area (Å²) < 4.78 is 1.88. The summed E-state index contributed by atoms with van der Waals surface area (Å²) in [5.41, 5.74) is 4.73. The number of aryl methyl sites for hydroxylation is 2. The zero-order valence-electron chi connectivity index (χ0n) is 15.8. The predicted molar refractivity (Wildman–Crippen MR) is 108 cm³/mol. The van der Waals surface area contributed by atoms with Gasteiger partial charge >= 0.3 is 0 Å². The summed E-state index contributed by atoms with van der Waals surface area (Å²) in [4.78, 5) is 20.9. The molecule has 0 atom stereocenters. The fourth-order valence-electron chi connectivity index (χ4n) is 3.39. The van der Waals surface area contributed by atoms with Crippen molar-refractivity contribution >= 4 is 22.4 Å². The third kappa shape index (κ3) is 3.65. The number of nitrogens with one attached hydrogen (secondary N) is 1. The van der Waals surface area contributed by atoms with E-state index in [1.165, 1.54) is 4.88 Å². The van der Waals surface area contributed by atoms with E-state index in [0.29, 0.717) is 10.7 Å². The zero-order valence-corrected chi connectivity index (χ0v) is 16.6. The Labute approximate surface area is 162 Å². The Morgan fingerprint density at radius 1 is 1.26 bits per heavy atom. The molecule has 7 heteroatoms. The van der Waals surface area contributed by atoms with Crippen LogP contribution >= 0.6 is 11.3 Å². The molecule has 0 aliphatic carbocycles. The fraction of sp³-hybridized carbons (Fsp3) is 0.350. The van der Waals surface area contributed by atoms with Gasteiger partial charge in [-0.05, 0) is 50.7 Å². The first-order chi connectivity index (χ1) is 13.0. The Kier molecular flexibility index (Phi) is 4.80. The van der Waals surface area contributed by atoms with Gasteiger partial charge in [0.2, 0.25) is 0 Å². The third-order valence-electron chi connectivity index (χ3n) is 4.86. The molecule has 1 aliphatic rings. The van der Waals surface area contributed by atoms with Crippen LogP contribution in [0.15, 0.2) is 30.3 Å². The van der Waals surface area contributed by atoms with E-state index in [1.807, 2.05) is 48.9 Å². The number of hydrogen-bond donors (Lipinski definition) is 1. The SMILES string of the molecule is CCN1CCc2nc(NC(=O)c3ccc(-n4nc(C)cc4C)cc3)sc2C1. The molecule has 0 radical (unpaired) electrons. The van der Waals surface area contributed by atoms with Crippen LogP contribution in [0, 0.1) is 13.8 Å². The monoisotopic (exact) mass is 381 g/mol. The van der Waals surface area contributed by atoms with Gasteiger partial charge in [0.05, 0.1) is 17.1 Å². The van der Waals surface area contributed by atoms with Gasteiger partial charge in [-0.1, -0.05) is 6.92 Å². The average Bonchev–Trinajstić information content (AvgIpc) is 3.22. The minimum Gasteiger partial charge on any atom is -0.298 e. The van der Waals surface area contributed by atoms with E-state index in [-0.39, 0.29) is 5.91 Å². The first kappa shape index (κ1) is 17.9. The molecule has 1 aromatic carbocycles. The van der Waals surface area contributed by atoms with Crippen LogP contribution in [-0.4, -0.2) is 38.7 Å². The van der Waals surface area contributed by atoms with Gasteiger partial charge in [0, 0.05) is 35.6 Å². The second-order valence-corrected chi connectivity index (χ2v) is 7.93. The van der Waals surface area contributed by atoms with Gasteiger partial charge < -0.3 is 0 Å². The molecule has 0 unspecified atom stereocenters. The second-order valence-electron chi connectivity index (χ2n) is 6.85. The maximum atomic E-state index is 12.6. The van der Waals surface area contributed by atoms with Crippen LogP contribution in [0.1, 0.15) is 39.2 Å². The Morgan fingerprint density at radius 2 is 2.04 bits per heavy atom. The quantitative estimate of drug-likeness (QED) is 0.750. The minimum atomic E-state index is -0.131. The first-order valence-electron chi connectivity index (χ1n) is 9.19. The van der Waals surface area contributed by atoms with Gasteiger partial charge in [-0.25, -0.2) is 9.67 Å². The normalized spacial score (nSPS) is 14.2. The van der Waals surface area contributed by atoms with Crippen LogP contribution in [0.25, 0.3) is 5.69 Å². The molecule has 4 rings (SSSR count).